The van der Waals surface area contributed by atoms with Crippen LogP contribution in [-0.2, 0) is 14.6 Å². The predicted molar refractivity (Wildman–Crippen MR) is 84.2 cm³/mol. The van der Waals surface area contributed by atoms with Gasteiger partial charge in [-0.25, -0.2) is 8.42 Å². The Kier molecular flexibility index (Phi) is 17.1. The highest BCUT2D eigenvalue weighted by Gasteiger charge is 2.09. The summed E-state index contributed by atoms with van der Waals surface area (Å²) in [5, 5.41) is 17.7. The molecule has 0 saturated carbocycles. The first-order valence-electron chi connectivity index (χ1n) is 8.06. The number of unbranched alkanes of at least 4 members (excludes halogenated alkanes) is 5. The van der Waals surface area contributed by atoms with Gasteiger partial charge in [0, 0.05) is 0 Å². The second kappa shape index (κ2) is 15.6. The van der Waals surface area contributed by atoms with Gasteiger partial charge in [-0.3, -0.25) is 4.18 Å². The average Bonchev–Trinajstić information content (AvgIpc) is 2.40. The molecule has 0 aromatic rings. The zero-order valence-electron chi connectivity index (χ0n) is 14.1. The molecule has 8 heteroatoms. The predicted octanol–water partition coefficient (Wildman–Crippen LogP) is 0.0455. The normalized spacial score (nSPS) is 12.9. The zero-order chi connectivity index (χ0) is 17.4. The van der Waals surface area contributed by atoms with Crippen LogP contribution in [0.4, 0.5) is 0 Å². The fourth-order valence-electron chi connectivity index (χ4n) is 1.98. The second-order valence-corrected chi connectivity index (χ2v) is 6.17. The van der Waals surface area contributed by atoms with Gasteiger partial charge in [0.15, 0.2) is 0 Å². The number of hydrogen-bond donors (Lipinski definition) is 3. The SMILES string of the molecule is CCCCCCCC[NH+](CC)CC(O)O.CCOS(=O)(=O)[O-]. The van der Waals surface area contributed by atoms with Crippen LogP contribution in [0.15, 0.2) is 0 Å². The average molecular weight is 343 g/mol. The van der Waals surface area contributed by atoms with Crippen molar-refractivity contribution in [3.05, 3.63) is 0 Å². The molecule has 0 aromatic carbocycles. The molecule has 0 rings (SSSR count). The maximum Gasteiger partial charge on any atom is 0.217 e. The molecule has 7 nitrogen and oxygen atoms in total. The highest BCUT2D eigenvalue weighted by Crippen LogP contribution is 2.03. The minimum absolute atomic E-state index is 0.0914. The number of aliphatic hydroxyl groups excluding tert-OH is 1. The van der Waals surface area contributed by atoms with E-state index in [0.29, 0.717) is 6.54 Å². The van der Waals surface area contributed by atoms with Crippen LogP contribution in [0.3, 0.4) is 0 Å². The molecule has 0 bridgehead atoms. The van der Waals surface area contributed by atoms with E-state index >= 15 is 0 Å². The lowest BCUT2D eigenvalue weighted by Gasteiger charge is -2.18. The third-order valence-electron chi connectivity index (χ3n) is 3.12. The van der Waals surface area contributed by atoms with Crippen molar-refractivity contribution >= 4 is 10.4 Å². The van der Waals surface area contributed by atoms with Crippen LogP contribution in [0.2, 0.25) is 0 Å². The minimum Gasteiger partial charge on any atom is -0.726 e. The van der Waals surface area contributed by atoms with Crippen LogP contribution in [0.25, 0.3) is 0 Å². The molecular weight excluding hydrogens is 310 g/mol. The van der Waals surface area contributed by atoms with Crippen molar-refractivity contribution in [1.29, 1.82) is 0 Å². The summed E-state index contributed by atoms with van der Waals surface area (Å²) in [4.78, 5) is 1.29. The van der Waals surface area contributed by atoms with Gasteiger partial charge in [-0.05, 0) is 26.7 Å². The highest BCUT2D eigenvalue weighted by molar-refractivity contribution is 7.80. The van der Waals surface area contributed by atoms with Crippen molar-refractivity contribution in [3.63, 3.8) is 0 Å². The van der Waals surface area contributed by atoms with Crippen LogP contribution < -0.4 is 4.90 Å². The Morgan fingerprint density at radius 3 is 1.95 bits per heavy atom. The first-order valence-corrected chi connectivity index (χ1v) is 9.40. The summed E-state index contributed by atoms with van der Waals surface area (Å²) >= 11 is 0. The van der Waals surface area contributed by atoms with E-state index in [4.69, 9.17) is 10.2 Å². The second-order valence-electron chi connectivity index (χ2n) is 5.12. The molecule has 0 aliphatic rings. The first kappa shape index (κ1) is 24.0. The molecule has 0 saturated heterocycles. The van der Waals surface area contributed by atoms with Crippen LogP contribution in [0.1, 0.15) is 59.3 Å². The maximum atomic E-state index is 9.45. The van der Waals surface area contributed by atoms with E-state index in [-0.39, 0.29) is 6.61 Å². The lowest BCUT2D eigenvalue weighted by atomic mass is 10.1. The maximum absolute atomic E-state index is 9.45. The molecule has 0 fully saturated rings. The molecule has 3 N–H and O–H groups in total. The Labute approximate surface area is 135 Å². The van der Waals surface area contributed by atoms with E-state index in [2.05, 4.69) is 18.0 Å². The molecule has 0 radical (unpaired) electrons. The van der Waals surface area contributed by atoms with Crippen molar-refractivity contribution in [2.75, 3.05) is 26.2 Å². The standard InChI is InChI=1S/C12H27NO2.C2H6O4S/c1-3-5-6-7-8-9-10-13(4-2)11-12(14)15;1-2-6-7(3,4)5/h12,14-15H,3-11H2,1-2H3;2H2,1H3,(H,3,4,5). The van der Waals surface area contributed by atoms with E-state index in [1.807, 2.05) is 0 Å². The van der Waals surface area contributed by atoms with Gasteiger partial charge in [-0.15, -0.1) is 0 Å². The summed E-state index contributed by atoms with van der Waals surface area (Å²) in [5.41, 5.74) is 0. The third kappa shape index (κ3) is 22.0. The highest BCUT2D eigenvalue weighted by atomic mass is 32.3. The Morgan fingerprint density at radius 2 is 1.59 bits per heavy atom. The van der Waals surface area contributed by atoms with Crippen LogP contribution in [0.5, 0.6) is 0 Å². The lowest BCUT2D eigenvalue weighted by molar-refractivity contribution is -0.904. The Hall–Kier alpha value is -0.250. The molecule has 1 atom stereocenters. The van der Waals surface area contributed by atoms with Gasteiger partial charge in [-0.1, -0.05) is 32.6 Å². The van der Waals surface area contributed by atoms with Crippen molar-refractivity contribution in [2.24, 2.45) is 0 Å². The molecule has 0 aliphatic heterocycles. The lowest BCUT2D eigenvalue weighted by Crippen LogP contribution is -3.12. The number of likely N-dealkylation sites (N-methyl/N-ethyl adjacent to an activating group) is 1. The van der Waals surface area contributed by atoms with Crippen molar-refractivity contribution < 1.29 is 32.3 Å². The summed E-state index contributed by atoms with van der Waals surface area (Å²) in [6, 6.07) is 0. The van der Waals surface area contributed by atoms with Crippen molar-refractivity contribution in [2.45, 2.75) is 65.6 Å². The van der Waals surface area contributed by atoms with Gasteiger partial charge in [0.1, 0.15) is 6.54 Å². The molecule has 0 aliphatic carbocycles. The minimum atomic E-state index is -4.42. The molecule has 1 unspecified atom stereocenters. The summed E-state index contributed by atoms with van der Waals surface area (Å²) in [7, 11) is -4.42. The fraction of sp³-hybridized carbons (Fsp3) is 1.00. The Morgan fingerprint density at radius 1 is 1.05 bits per heavy atom. The third-order valence-corrected chi connectivity index (χ3v) is 3.64. The number of rotatable bonds is 12. The summed E-state index contributed by atoms with van der Waals surface area (Å²) in [5.74, 6) is 0. The van der Waals surface area contributed by atoms with E-state index in [0.717, 1.165) is 13.1 Å². The Bertz CT molecular complexity index is 321. The van der Waals surface area contributed by atoms with E-state index in [9.17, 15) is 13.0 Å². The fourth-order valence-corrected chi connectivity index (χ4v) is 2.27. The van der Waals surface area contributed by atoms with Crippen LogP contribution in [0, 0.1) is 0 Å². The largest absolute Gasteiger partial charge is 0.726 e. The van der Waals surface area contributed by atoms with Crippen LogP contribution >= 0.6 is 0 Å². The zero-order valence-corrected chi connectivity index (χ0v) is 14.9. The number of hydrogen-bond acceptors (Lipinski definition) is 6. The van der Waals surface area contributed by atoms with Gasteiger partial charge in [0.2, 0.25) is 16.7 Å². The molecule has 136 valence electrons. The van der Waals surface area contributed by atoms with Crippen molar-refractivity contribution in [1.82, 2.24) is 0 Å². The quantitative estimate of drug-likeness (QED) is 0.200. The number of nitrogens with one attached hydrogen (secondary N) is 1. The number of aliphatic hydroxyl groups is 2. The Balaban J connectivity index is 0. The van der Waals surface area contributed by atoms with E-state index in [1.54, 1.807) is 0 Å². The van der Waals surface area contributed by atoms with Gasteiger partial charge in [0.25, 0.3) is 0 Å². The van der Waals surface area contributed by atoms with Crippen molar-refractivity contribution in [3.8, 4) is 0 Å². The van der Waals surface area contributed by atoms with E-state index in [1.165, 1.54) is 50.3 Å². The van der Waals surface area contributed by atoms with Gasteiger partial charge in [0.05, 0.1) is 19.7 Å². The smallest absolute Gasteiger partial charge is 0.217 e. The van der Waals surface area contributed by atoms with Gasteiger partial charge in [-0.2, -0.15) is 0 Å². The van der Waals surface area contributed by atoms with E-state index < -0.39 is 16.7 Å². The molecule has 22 heavy (non-hydrogen) atoms. The first-order chi connectivity index (χ1) is 10.3. The summed E-state index contributed by atoms with van der Waals surface area (Å²) < 4.78 is 32.0. The molecule has 0 amide bonds. The molecular formula is C14H33NO6S. The molecule has 0 spiro atoms. The summed E-state index contributed by atoms with van der Waals surface area (Å²) in [6.07, 6.45) is 6.65. The van der Waals surface area contributed by atoms with Crippen LogP contribution in [-0.4, -0.2) is 55.7 Å². The molecule has 0 aromatic heterocycles. The topological polar surface area (TPSA) is 111 Å². The molecule has 0 heterocycles. The number of quaternary nitrogens is 1. The summed E-state index contributed by atoms with van der Waals surface area (Å²) in [6.45, 7) is 8.17. The van der Waals surface area contributed by atoms with Gasteiger partial charge >= 0.3 is 0 Å². The monoisotopic (exact) mass is 343 g/mol. The van der Waals surface area contributed by atoms with Gasteiger partial charge < -0.3 is 19.7 Å².